The van der Waals surface area contributed by atoms with Gasteiger partial charge in [0.15, 0.2) is 5.78 Å². The van der Waals surface area contributed by atoms with Crippen molar-refractivity contribution in [3.05, 3.63) is 68.2 Å². The van der Waals surface area contributed by atoms with Crippen molar-refractivity contribution in [2.45, 2.75) is 6.54 Å². The third-order valence-electron chi connectivity index (χ3n) is 3.61. The van der Waals surface area contributed by atoms with E-state index in [-0.39, 0.29) is 12.3 Å². The van der Waals surface area contributed by atoms with Crippen molar-refractivity contribution in [3.63, 3.8) is 0 Å². The zero-order valence-corrected chi connectivity index (χ0v) is 15.0. The van der Waals surface area contributed by atoms with Crippen molar-refractivity contribution < 1.29 is 22.3 Å². The monoisotopic (exact) mass is 426 g/mol. The number of nitro groups is 1. The summed E-state index contributed by atoms with van der Waals surface area (Å²) < 4.78 is 31.4. The van der Waals surface area contributed by atoms with Crippen LogP contribution in [-0.2, 0) is 16.8 Å². The van der Waals surface area contributed by atoms with Crippen LogP contribution in [-0.4, -0.2) is 30.0 Å². The molecule has 1 aliphatic rings. The second kappa shape index (κ2) is 6.54. The molecule has 1 heterocycles. The molecule has 0 aliphatic carbocycles. The van der Waals surface area contributed by atoms with Gasteiger partial charge < -0.3 is 4.18 Å². The van der Waals surface area contributed by atoms with Crippen LogP contribution in [0.3, 0.4) is 0 Å². The summed E-state index contributed by atoms with van der Waals surface area (Å²) in [7, 11) is -4.38. The Balaban J connectivity index is 1.91. The summed E-state index contributed by atoms with van der Waals surface area (Å²) in [6.45, 7) is -0.455. The lowest BCUT2D eigenvalue weighted by atomic mass is 10.0. The Hall–Kier alpha value is -2.30. The van der Waals surface area contributed by atoms with Gasteiger partial charge in [-0.15, -0.1) is 0 Å². The van der Waals surface area contributed by atoms with Gasteiger partial charge in [-0.05, 0) is 23.8 Å². The van der Waals surface area contributed by atoms with Crippen molar-refractivity contribution in [2.24, 2.45) is 0 Å². The molecule has 0 aromatic heterocycles. The second-order valence-corrected chi connectivity index (χ2v) is 7.71. The Morgan fingerprint density at radius 1 is 1.16 bits per heavy atom. The zero-order chi connectivity index (χ0) is 18.2. The average molecular weight is 427 g/mol. The SMILES string of the molecule is O=C1CN(S(=O)(=O)Oc2ccccc2[N+](=O)[O-])Cc2ccc(Br)cc21. The fraction of sp³-hybridized carbons (Fsp3) is 0.133. The van der Waals surface area contributed by atoms with Gasteiger partial charge in [-0.25, -0.2) is 0 Å². The van der Waals surface area contributed by atoms with E-state index in [1.165, 1.54) is 18.2 Å². The first-order chi connectivity index (χ1) is 11.8. The Bertz CT molecular complexity index is 976. The van der Waals surface area contributed by atoms with E-state index >= 15 is 0 Å². The number of para-hydroxylation sites is 2. The first kappa shape index (κ1) is 17.5. The lowest BCUT2D eigenvalue weighted by molar-refractivity contribution is -0.385. The van der Waals surface area contributed by atoms with Crippen LogP contribution in [0.15, 0.2) is 46.9 Å². The van der Waals surface area contributed by atoms with E-state index in [1.54, 1.807) is 18.2 Å². The zero-order valence-electron chi connectivity index (χ0n) is 12.6. The third kappa shape index (κ3) is 3.55. The standard InChI is InChI=1S/C15H11BrN2O6S/c16-11-6-5-10-8-17(9-14(19)12(10)7-11)25(22,23)24-15-4-2-1-3-13(15)18(20)21/h1-7H,8-9H2. The summed E-state index contributed by atoms with van der Waals surface area (Å²) in [5, 5.41) is 11.0. The lowest BCUT2D eigenvalue weighted by Gasteiger charge is -2.26. The Morgan fingerprint density at radius 3 is 2.60 bits per heavy atom. The normalized spacial score (nSPS) is 14.8. The molecule has 0 atom stereocenters. The second-order valence-electron chi connectivity index (χ2n) is 5.26. The van der Waals surface area contributed by atoms with Gasteiger partial charge in [-0.3, -0.25) is 14.9 Å². The first-order valence-electron chi connectivity index (χ1n) is 7.02. The van der Waals surface area contributed by atoms with Gasteiger partial charge >= 0.3 is 16.0 Å². The summed E-state index contributed by atoms with van der Waals surface area (Å²) >= 11 is 3.27. The molecular formula is C15H11BrN2O6S. The number of hydrogen-bond donors (Lipinski definition) is 0. The molecule has 1 aliphatic heterocycles. The van der Waals surface area contributed by atoms with Crippen LogP contribution in [0, 0.1) is 10.1 Å². The van der Waals surface area contributed by atoms with Crippen LogP contribution in [0.2, 0.25) is 0 Å². The molecule has 25 heavy (non-hydrogen) atoms. The number of hydrogen-bond acceptors (Lipinski definition) is 6. The highest BCUT2D eigenvalue weighted by atomic mass is 79.9. The highest BCUT2D eigenvalue weighted by molar-refractivity contribution is 9.10. The molecule has 8 nitrogen and oxygen atoms in total. The van der Waals surface area contributed by atoms with Gasteiger partial charge in [0.05, 0.1) is 11.5 Å². The van der Waals surface area contributed by atoms with Crippen LogP contribution in [0.1, 0.15) is 15.9 Å². The predicted molar refractivity (Wildman–Crippen MR) is 91.5 cm³/mol. The number of carbonyl (C=O) groups excluding carboxylic acids is 1. The molecule has 130 valence electrons. The van der Waals surface area contributed by atoms with Crippen LogP contribution >= 0.6 is 15.9 Å². The van der Waals surface area contributed by atoms with Crippen LogP contribution in [0.25, 0.3) is 0 Å². The molecule has 0 N–H and O–H groups in total. The molecule has 0 amide bonds. The molecule has 3 rings (SSSR count). The molecule has 2 aromatic rings. The highest BCUT2D eigenvalue weighted by Crippen LogP contribution is 2.30. The van der Waals surface area contributed by atoms with Crippen molar-refractivity contribution in [1.29, 1.82) is 0 Å². The maximum Gasteiger partial charge on any atom is 0.386 e. The summed E-state index contributed by atoms with van der Waals surface area (Å²) in [5.41, 5.74) is 0.499. The van der Waals surface area contributed by atoms with E-state index in [4.69, 9.17) is 4.18 Å². The Labute approximate surface area is 151 Å². The molecule has 0 fully saturated rings. The third-order valence-corrected chi connectivity index (χ3v) is 5.39. The van der Waals surface area contributed by atoms with Gasteiger partial charge in [0.1, 0.15) is 0 Å². The number of Topliss-reactive ketones (excluding diaryl/α,β-unsaturated/α-hetero) is 1. The number of halogens is 1. The van der Waals surface area contributed by atoms with Crippen molar-refractivity contribution in [2.75, 3.05) is 6.54 Å². The van der Waals surface area contributed by atoms with E-state index in [1.807, 2.05) is 0 Å². The molecule has 10 heteroatoms. The van der Waals surface area contributed by atoms with Crippen molar-refractivity contribution >= 4 is 37.7 Å². The summed E-state index contributed by atoms with van der Waals surface area (Å²) in [5.74, 6) is -0.779. The number of rotatable bonds is 4. The van der Waals surface area contributed by atoms with Gasteiger partial charge in [-0.2, -0.15) is 12.7 Å². The van der Waals surface area contributed by atoms with E-state index in [0.717, 1.165) is 10.4 Å². The average Bonchev–Trinajstić information content (AvgIpc) is 2.55. The number of carbonyl (C=O) groups is 1. The summed E-state index contributed by atoms with van der Waals surface area (Å²) in [6.07, 6.45) is 0. The minimum absolute atomic E-state index is 0.0582. The Morgan fingerprint density at radius 2 is 1.88 bits per heavy atom. The molecule has 0 saturated carbocycles. The van der Waals surface area contributed by atoms with E-state index in [2.05, 4.69) is 15.9 Å². The van der Waals surface area contributed by atoms with E-state index in [9.17, 15) is 23.3 Å². The maximum absolute atomic E-state index is 12.5. The highest BCUT2D eigenvalue weighted by Gasteiger charge is 2.34. The largest absolute Gasteiger partial charge is 0.386 e. The van der Waals surface area contributed by atoms with Crippen molar-refractivity contribution in [1.82, 2.24) is 4.31 Å². The fourth-order valence-electron chi connectivity index (χ4n) is 2.44. The van der Waals surface area contributed by atoms with Gasteiger partial charge in [0.2, 0.25) is 5.75 Å². The molecule has 0 radical (unpaired) electrons. The number of nitro benzene ring substituents is 1. The van der Waals surface area contributed by atoms with Crippen LogP contribution < -0.4 is 4.18 Å². The fourth-order valence-corrected chi connectivity index (χ4v) is 3.85. The minimum atomic E-state index is -4.38. The van der Waals surface area contributed by atoms with Gasteiger partial charge in [0, 0.05) is 22.6 Å². The van der Waals surface area contributed by atoms with Crippen LogP contribution in [0.5, 0.6) is 5.75 Å². The Kier molecular flexibility index (Phi) is 4.58. The molecule has 2 aromatic carbocycles. The predicted octanol–water partition coefficient (Wildman–Crippen LogP) is 2.68. The van der Waals surface area contributed by atoms with Crippen molar-refractivity contribution in [3.8, 4) is 5.75 Å². The smallest absolute Gasteiger partial charge is 0.363 e. The summed E-state index contributed by atoms with van der Waals surface area (Å²) in [6, 6.07) is 10.1. The number of fused-ring (bicyclic) bond motifs is 1. The topological polar surface area (TPSA) is 107 Å². The molecule has 0 unspecified atom stereocenters. The molecule has 0 spiro atoms. The minimum Gasteiger partial charge on any atom is -0.363 e. The summed E-state index contributed by atoms with van der Waals surface area (Å²) in [4.78, 5) is 22.5. The molecule has 0 saturated heterocycles. The quantitative estimate of drug-likeness (QED) is 0.549. The number of ketones is 1. The van der Waals surface area contributed by atoms with Gasteiger partial charge in [0.25, 0.3) is 0 Å². The molecule has 0 bridgehead atoms. The number of nitrogens with zero attached hydrogens (tertiary/aromatic N) is 2. The maximum atomic E-state index is 12.5. The lowest BCUT2D eigenvalue weighted by Crippen LogP contribution is -2.41. The van der Waals surface area contributed by atoms with Gasteiger partial charge in [-0.1, -0.05) is 34.1 Å². The van der Waals surface area contributed by atoms with E-state index < -0.39 is 33.2 Å². The molecular weight excluding hydrogens is 416 g/mol. The van der Waals surface area contributed by atoms with Crippen LogP contribution in [0.4, 0.5) is 5.69 Å². The number of benzene rings is 2. The first-order valence-corrected chi connectivity index (χ1v) is 9.18. The van der Waals surface area contributed by atoms with E-state index in [0.29, 0.717) is 15.6 Å².